The fraction of sp³-hybridized carbons (Fsp3) is 0.647. The molecule has 1 saturated carbocycles. The van der Waals surface area contributed by atoms with Crippen LogP contribution in [0.15, 0.2) is 24.3 Å². The number of para-hydroxylation sites is 1. The first-order valence-corrected chi connectivity index (χ1v) is 7.70. The first-order chi connectivity index (χ1) is 9.65. The number of benzene rings is 1. The molecule has 1 aliphatic rings. The zero-order valence-corrected chi connectivity index (χ0v) is 13.2. The van der Waals surface area contributed by atoms with Crippen molar-refractivity contribution < 1.29 is 4.74 Å². The third-order valence-corrected chi connectivity index (χ3v) is 4.28. The van der Waals surface area contributed by atoms with Gasteiger partial charge in [-0.2, -0.15) is 0 Å². The van der Waals surface area contributed by atoms with Gasteiger partial charge < -0.3 is 15.0 Å². The van der Waals surface area contributed by atoms with Gasteiger partial charge in [-0.05, 0) is 37.9 Å². The first-order valence-electron chi connectivity index (χ1n) is 7.70. The Morgan fingerprint density at radius 3 is 2.70 bits per heavy atom. The van der Waals surface area contributed by atoms with Crippen molar-refractivity contribution in [2.75, 3.05) is 33.8 Å². The lowest BCUT2D eigenvalue weighted by atomic mass is 10.0. The van der Waals surface area contributed by atoms with E-state index >= 15 is 0 Å². The Morgan fingerprint density at radius 1 is 1.40 bits per heavy atom. The van der Waals surface area contributed by atoms with E-state index in [1.165, 1.54) is 18.5 Å². The molecule has 1 aromatic rings. The second-order valence-electron chi connectivity index (χ2n) is 6.05. The van der Waals surface area contributed by atoms with E-state index in [4.69, 9.17) is 4.74 Å². The number of methoxy groups -OCH3 is 1. The van der Waals surface area contributed by atoms with Gasteiger partial charge in [-0.25, -0.2) is 0 Å². The molecule has 0 bridgehead atoms. The fourth-order valence-electron chi connectivity index (χ4n) is 2.91. The van der Waals surface area contributed by atoms with Gasteiger partial charge in [-0.3, -0.25) is 0 Å². The second kappa shape index (κ2) is 7.09. The molecule has 1 fully saturated rings. The van der Waals surface area contributed by atoms with Gasteiger partial charge in [0.05, 0.1) is 7.11 Å². The quantitative estimate of drug-likeness (QED) is 0.790. The van der Waals surface area contributed by atoms with E-state index in [1.807, 2.05) is 12.1 Å². The van der Waals surface area contributed by atoms with Crippen LogP contribution in [0, 0.1) is 11.8 Å². The number of rotatable bonds is 8. The summed E-state index contributed by atoms with van der Waals surface area (Å²) in [4.78, 5) is 2.45. The minimum Gasteiger partial charge on any atom is -0.496 e. The summed E-state index contributed by atoms with van der Waals surface area (Å²) in [6, 6.07) is 8.66. The molecule has 2 rings (SSSR count). The normalized spacial score (nSPS) is 22.9. The SMILES string of the molecule is CCNC(CN(C)CC1CC1C)c1ccccc1OC. The summed E-state index contributed by atoms with van der Waals surface area (Å²) in [5.74, 6) is 2.80. The molecule has 0 aliphatic heterocycles. The molecular formula is C17H28N2O. The highest BCUT2D eigenvalue weighted by molar-refractivity contribution is 5.36. The highest BCUT2D eigenvalue weighted by Gasteiger charge is 2.33. The third-order valence-electron chi connectivity index (χ3n) is 4.28. The standard InChI is InChI=1S/C17H28N2O/c1-5-18-16(12-19(3)11-14-10-13(14)2)15-8-6-7-9-17(15)20-4/h6-9,13-14,16,18H,5,10-12H2,1-4H3. The maximum absolute atomic E-state index is 5.51. The van der Waals surface area contributed by atoms with Crippen molar-refractivity contribution in [1.29, 1.82) is 0 Å². The van der Waals surface area contributed by atoms with Gasteiger partial charge in [0.1, 0.15) is 5.75 Å². The van der Waals surface area contributed by atoms with E-state index in [1.54, 1.807) is 7.11 Å². The zero-order valence-electron chi connectivity index (χ0n) is 13.2. The first kappa shape index (κ1) is 15.3. The lowest BCUT2D eigenvalue weighted by Crippen LogP contribution is -2.34. The summed E-state index contributed by atoms with van der Waals surface area (Å²) in [6.45, 7) is 7.71. The van der Waals surface area contributed by atoms with Crippen LogP contribution in [0.25, 0.3) is 0 Å². The Labute approximate surface area is 123 Å². The van der Waals surface area contributed by atoms with E-state index in [9.17, 15) is 0 Å². The van der Waals surface area contributed by atoms with E-state index in [2.05, 4.69) is 43.2 Å². The minimum atomic E-state index is 0.329. The van der Waals surface area contributed by atoms with Crippen molar-refractivity contribution in [2.24, 2.45) is 11.8 Å². The van der Waals surface area contributed by atoms with Crippen LogP contribution in [-0.4, -0.2) is 38.7 Å². The molecule has 0 heterocycles. The van der Waals surface area contributed by atoms with Crippen molar-refractivity contribution >= 4 is 0 Å². The molecule has 1 aliphatic carbocycles. The molecule has 3 nitrogen and oxygen atoms in total. The average Bonchev–Trinajstić information content (AvgIpc) is 3.13. The molecule has 3 atom stereocenters. The van der Waals surface area contributed by atoms with Crippen molar-refractivity contribution in [2.45, 2.75) is 26.3 Å². The monoisotopic (exact) mass is 276 g/mol. The molecule has 112 valence electrons. The molecule has 1 aromatic carbocycles. The molecule has 3 heteroatoms. The smallest absolute Gasteiger partial charge is 0.123 e. The van der Waals surface area contributed by atoms with Gasteiger partial charge in [0.15, 0.2) is 0 Å². The molecule has 0 radical (unpaired) electrons. The number of ether oxygens (including phenoxy) is 1. The van der Waals surface area contributed by atoms with Crippen molar-refractivity contribution in [1.82, 2.24) is 10.2 Å². The highest BCUT2D eigenvalue weighted by Crippen LogP contribution is 2.38. The lowest BCUT2D eigenvalue weighted by molar-refractivity contribution is 0.274. The van der Waals surface area contributed by atoms with E-state index < -0.39 is 0 Å². The van der Waals surface area contributed by atoms with Gasteiger partial charge in [-0.1, -0.05) is 32.0 Å². The number of nitrogens with zero attached hydrogens (tertiary/aromatic N) is 1. The van der Waals surface area contributed by atoms with Crippen molar-refractivity contribution in [3.05, 3.63) is 29.8 Å². The molecule has 0 amide bonds. The van der Waals surface area contributed by atoms with Gasteiger partial charge >= 0.3 is 0 Å². The lowest BCUT2D eigenvalue weighted by Gasteiger charge is -2.26. The number of hydrogen-bond acceptors (Lipinski definition) is 3. The predicted molar refractivity (Wildman–Crippen MR) is 84.2 cm³/mol. The summed E-state index contributed by atoms with van der Waals surface area (Å²) in [5, 5.41) is 3.59. The largest absolute Gasteiger partial charge is 0.496 e. The molecular weight excluding hydrogens is 248 g/mol. The van der Waals surface area contributed by atoms with Crippen molar-refractivity contribution in [3.63, 3.8) is 0 Å². The zero-order chi connectivity index (χ0) is 14.5. The molecule has 0 saturated heterocycles. The number of hydrogen-bond donors (Lipinski definition) is 1. The van der Waals surface area contributed by atoms with Crippen LogP contribution in [0.1, 0.15) is 31.9 Å². The molecule has 3 unspecified atom stereocenters. The molecule has 0 aromatic heterocycles. The predicted octanol–water partition coefficient (Wildman–Crippen LogP) is 2.93. The highest BCUT2D eigenvalue weighted by atomic mass is 16.5. The van der Waals surface area contributed by atoms with Crippen LogP contribution in [0.2, 0.25) is 0 Å². The Hall–Kier alpha value is -1.06. The Morgan fingerprint density at radius 2 is 2.10 bits per heavy atom. The van der Waals surface area contributed by atoms with Gasteiger partial charge in [0.2, 0.25) is 0 Å². The maximum Gasteiger partial charge on any atom is 0.123 e. The number of nitrogens with one attached hydrogen (secondary N) is 1. The van der Waals surface area contributed by atoms with Crippen LogP contribution in [-0.2, 0) is 0 Å². The fourth-order valence-corrected chi connectivity index (χ4v) is 2.91. The third kappa shape index (κ3) is 3.97. The van der Waals surface area contributed by atoms with Crippen LogP contribution < -0.4 is 10.1 Å². The van der Waals surface area contributed by atoms with Crippen molar-refractivity contribution in [3.8, 4) is 5.75 Å². The Bertz CT molecular complexity index is 421. The Kier molecular flexibility index (Phi) is 5.44. The summed E-state index contributed by atoms with van der Waals surface area (Å²) in [7, 11) is 3.97. The molecule has 1 N–H and O–H groups in total. The minimum absolute atomic E-state index is 0.329. The topological polar surface area (TPSA) is 24.5 Å². The summed E-state index contributed by atoms with van der Waals surface area (Å²) in [5.41, 5.74) is 1.26. The maximum atomic E-state index is 5.51. The van der Waals surface area contributed by atoms with Crippen LogP contribution in [0.5, 0.6) is 5.75 Å². The van der Waals surface area contributed by atoms with Gasteiger partial charge in [0, 0.05) is 24.7 Å². The van der Waals surface area contributed by atoms with Gasteiger partial charge in [-0.15, -0.1) is 0 Å². The summed E-state index contributed by atoms with van der Waals surface area (Å²) in [6.07, 6.45) is 1.39. The average molecular weight is 276 g/mol. The summed E-state index contributed by atoms with van der Waals surface area (Å²) < 4.78 is 5.51. The van der Waals surface area contributed by atoms with Crippen LogP contribution in [0.3, 0.4) is 0 Å². The van der Waals surface area contributed by atoms with Crippen LogP contribution in [0.4, 0.5) is 0 Å². The molecule has 20 heavy (non-hydrogen) atoms. The Balaban J connectivity index is 2.01. The van der Waals surface area contributed by atoms with E-state index in [0.29, 0.717) is 6.04 Å². The van der Waals surface area contributed by atoms with E-state index in [-0.39, 0.29) is 0 Å². The summed E-state index contributed by atoms with van der Waals surface area (Å²) >= 11 is 0. The number of likely N-dealkylation sites (N-methyl/N-ethyl adjacent to an activating group) is 2. The van der Waals surface area contributed by atoms with E-state index in [0.717, 1.165) is 30.7 Å². The molecule has 0 spiro atoms. The van der Waals surface area contributed by atoms with Crippen LogP contribution >= 0.6 is 0 Å². The second-order valence-corrected chi connectivity index (χ2v) is 6.05. The van der Waals surface area contributed by atoms with Gasteiger partial charge in [0.25, 0.3) is 0 Å².